The fraction of sp³-hybridized carbons (Fsp3) is 0.143. The van der Waals surface area contributed by atoms with Gasteiger partial charge in [-0.1, -0.05) is 24.3 Å². The fourth-order valence-corrected chi connectivity index (χ4v) is 3.34. The Kier molecular flexibility index (Phi) is 3.96. The molecule has 0 unspecified atom stereocenters. The van der Waals surface area contributed by atoms with E-state index >= 15 is 0 Å². The Hall–Kier alpha value is -3.54. The normalized spacial score (nSPS) is 12.5. The molecule has 1 N–H and O–H groups in total. The van der Waals surface area contributed by atoms with Crippen LogP contribution in [0.2, 0.25) is 0 Å². The summed E-state index contributed by atoms with van der Waals surface area (Å²) >= 11 is 0. The molecule has 0 fully saturated rings. The molecule has 27 heavy (non-hydrogen) atoms. The Morgan fingerprint density at radius 3 is 2.26 bits per heavy atom. The zero-order valence-corrected chi connectivity index (χ0v) is 14.9. The number of hydrogen-bond acceptors (Lipinski definition) is 4. The minimum Gasteiger partial charge on any atom is -0.321 e. The quantitative estimate of drug-likeness (QED) is 0.609. The summed E-state index contributed by atoms with van der Waals surface area (Å²) in [6, 6.07) is 13.3. The Morgan fingerprint density at radius 2 is 1.59 bits per heavy atom. The van der Waals surface area contributed by atoms with E-state index in [4.69, 9.17) is 0 Å². The number of amides is 1. The van der Waals surface area contributed by atoms with Crippen molar-refractivity contribution >= 4 is 23.2 Å². The van der Waals surface area contributed by atoms with Gasteiger partial charge in [-0.3, -0.25) is 19.1 Å². The van der Waals surface area contributed by atoms with Crippen LogP contribution in [-0.4, -0.2) is 27.3 Å². The predicted molar refractivity (Wildman–Crippen MR) is 100 cm³/mol. The summed E-state index contributed by atoms with van der Waals surface area (Å²) in [6.07, 6.45) is 0. The molecule has 1 aromatic heterocycles. The van der Waals surface area contributed by atoms with Crippen LogP contribution in [-0.2, 0) is 6.54 Å². The molecule has 1 heterocycles. The highest BCUT2D eigenvalue weighted by atomic mass is 16.2. The number of anilines is 1. The topological polar surface area (TPSA) is 81.1 Å². The van der Waals surface area contributed by atoms with Crippen LogP contribution in [0.4, 0.5) is 5.69 Å². The van der Waals surface area contributed by atoms with E-state index in [1.54, 1.807) is 53.2 Å². The maximum absolute atomic E-state index is 12.8. The van der Waals surface area contributed by atoms with E-state index in [2.05, 4.69) is 10.4 Å². The number of fused-ring (bicyclic) bond motifs is 2. The highest BCUT2D eigenvalue weighted by molar-refractivity contribution is 6.28. The van der Waals surface area contributed by atoms with E-state index in [0.717, 1.165) is 5.69 Å². The first-order valence-corrected chi connectivity index (χ1v) is 8.68. The number of rotatable bonds is 3. The Bertz CT molecular complexity index is 1110. The van der Waals surface area contributed by atoms with Crippen LogP contribution >= 0.6 is 0 Å². The largest absolute Gasteiger partial charge is 0.321 e. The van der Waals surface area contributed by atoms with Gasteiger partial charge in [-0.05, 0) is 38.1 Å². The Labute approximate surface area is 155 Å². The van der Waals surface area contributed by atoms with Crippen molar-refractivity contribution in [3.63, 3.8) is 0 Å². The van der Waals surface area contributed by atoms with Crippen molar-refractivity contribution in [1.29, 1.82) is 0 Å². The van der Waals surface area contributed by atoms with Crippen molar-refractivity contribution in [2.75, 3.05) is 5.32 Å². The summed E-state index contributed by atoms with van der Waals surface area (Å²) in [5.41, 5.74) is 3.11. The molecule has 0 saturated carbocycles. The van der Waals surface area contributed by atoms with Crippen molar-refractivity contribution in [2.24, 2.45) is 0 Å². The Balaban J connectivity index is 1.68. The molecule has 0 bridgehead atoms. The summed E-state index contributed by atoms with van der Waals surface area (Å²) in [6.45, 7) is 4.30. The number of hydrogen-bond donors (Lipinski definition) is 1. The second-order valence-electron chi connectivity index (χ2n) is 6.41. The molecule has 2 aromatic carbocycles. The van der Waals surface area contributed by atoms with Crippen molar-refractivity contribution < 1.29 is 14.4 Å². The summed E-state index contributed by atoms with van der Waals surface area (Å²) in [7, 11) is 0. The lowest BCUT2D eigenvalue weighted by molar-refractivity contribution is 0.0979. The number of ketones is 2. The number of benzene rings is 2. The van der Waals surface area contributed by atoms with Crippen LogP contribution in [0.15, 0.2) is 48.5 Å². The average Bonchev–Trinajstić information content (AvgIpc) is 3.07. The van der Waals surface area contributed by atoms with Gasteiger partial charge in [-0.15, -0.1) is 0 Å². The average molecular weight is 359 g/mol. The molecule has 1 aliphatic rings. The van der Waals surface area contributed by atoms with Crippen molar-refractivity contribution in [3.05, 3.63) is 82.2 Å². The van der Waals surface area contributed by atoms with E-state index < -0.39 is 0 Å². The number of aryl methyl sites for hydroxylation is 2. The fourth-order valence-electron chi connectivity index (χ4n) is 3.34. The molecule has 134 valence electrons. The van der Waals surface area contributed by atoms with Crippen LogP contribution in [0, 0.1) is 6.92 Å². The molecule has 0 radical (unpaired) electrons. The van der Waals surface area contributed by atoms with Gasteiger partial charge < -0.3 is 5.32 Å². The SMILES string of the molecule is CCn1nc(C)cc1C(=O)Nc1ccc2c(c1)C(=O)c1ccccc1C2=O. The highest BCUT2D eigenvalue weighted by Gasteiger charge is 2.29. The molecule has 3 aromatic rings. The van der Waals surface area contributed by atoms with Gasteiger partial charge in [0.25, 0.3) is 5.91 Å². The minimum absolute atomic E-state index is 0.183. The van der Waals surface area contributed by atoms with Gasteiger partial charge in [0, 0.05) is 34.5 Å². The molecule has 6 nitrogen and oxygen atoms in total. The highest BCUT2D eigenvalue weighted by Crippen LogP contribution is 2.29. The molecule has 0 spiro atoms. The molecular formula is C21H17N3O3. The summed E-state index contributed by atoms with van der Waals surface area (Å²) < 4.78 is 1.62. The maximum Gasteiger partial charge on any atom is 0.273 e. The van der Waals surface area contributed by atoms with Crippen LogP contribution in [0.25, 0.3) is 0 Å². The molecule has 0 saturated heterocycles. The van der Waals surface area contributed by atoms with Crippen LogP contribution in [0.1, 0.15) is 54.9 Å². The zero-order chi connectivity index (χ0) is 19.1. The van der Waals surface area contributed by atoms with Gasteiger partial charge in [0.15, 0.2) is 11.6 Å². The van der Waals surface area contributed by atoms with Gasteiger partial charge >= 0.3 is 0 Å². The number of carbonyl (C=O) groups is 3. The molecular weight excluding hydrogens is 342 g/mol. The van der Waals surface area contributed by atoms with Crippen LogP contribution in [0.5, 0.6) is 0 Å². The second kappa shape index (κ2) is 6.32. The van der Waals surface area contributed by atoms with E-state index in [1.807, 2.05) is 13.8 Å². The molecule has 1 aliphatic carbocycles. The van der Waals surface area contributed by atoms with Gasteiger partial charge in [0.1, 0.15) is 5.69 Å². The minimum atomic E-state index is -0.313. The van der Waals surface area contributed by atoms with E-state index in [9.17, 15) is 14.4 Å². The summed E-state index contributed by atoms with van der Waals surface area (Å²) in [4.78, 5) is 38.0. The predicted octanol–water partition coefficient (Wildman–Crippen LogP) is 3.24. The standard InChI is InChI=1S/C21H17N3O3/c1-3-24-18(10-12(2)23-24)21(27)22-13-8-9-16-17(11-13)20(26)15-7-5-4-6-14(15)19(16)25/h4-11H,3H2,1-2H3,(H,22,27). The third-order valence-electron chi connectivity index (χ3n) is 4.62. The third-order valence-corrected chi connectivity index (χ3v) is 4.62. The number of nitrogens with one attached hydrogen (secondary N) is 1. The molecule has 0 atom stereocenters. The van der Waals surface area contributed by atoms with Crippen LogP contribution in [0.3, 0.4) is 0 Å². The number of nitrogens with zero attached hydrogens (tertiary/aromatic N) is 2. The molecule has 1 amide bonds. The van der Waals surface area contributed by atoms with Gasteiger partial charge in [0.05, 0.1) is 5.69 Å². The lowest BCUT2D eigenvalue weighted by atomic mass is 9.84. The third kappa shape index (κ3) is 2.75. The van der Waals surface area contributed by atoms with Gasteiger partial charge in [-0.2, -0.15) is 5.10 Å². The lowest BCUT2D eigenvalue weighted by Crippen LogP contribution is -2.22. The first-order valence-electron chi connectivity index (χ1n) is 8.68. The van der Waals surface area contributed by atoms with Crippen LogP contribution < -0.4 is 5.32 Å². The number of aromatic nitrogens is 2. The molecule has 6 heteroatoms. The van der Waals surface area contributed by atoms with E-state index in [0.29, 0.717) is 40.2 Å². The summed E-state index contributed by atoms with van der Waals surface area (Å²) in [5.74, 6) is -0.712. The zero-order valence-electron chi connectivity index (χ0n) is 14.9. The first kappa shape index (κ1) is 16.9. The first-order chi connectivity index (χ1) is 13.0. The second-order valence-corrected chi connectivity index (χ2v) is 6.41. The monoisotopic (exact) mass is 359 g/mol. The number of carbonyl (C=O) groups excluding carboxylic acids is 3. The summed E-state index contributed by atoms with van der Waals surface area (Å²) in [5, 5.41) is 7.06. The van der Waals surface area contributed by atoms with E-state index in [1.165, 1.54) is 0 Å². The molecule has 0 aliphatic heterocycles. The lowest BCUT2D eigenvalue weighted by Gasteiger charge is -2.18. The molecule has 4 rings (SSSR count). The Morgan fingerprint density at radius 1 is 0.963 bits per heavy atom. The maximum atomic E-state index is 12.8. The van der Waals surface area contributed by atoms with Gasteiger partial charge in [0.2, 0.25) is 0 Å². The van der Waals surface area contributed by atoms with Crippen molar-refractivity contribution in [3.8, 4) is 0 Å². The van der Waals surface area contributed by atoms with E-state index in [-0.39, 0.29) is 17.5 Å². The van der Waals surface area contributed by atoms with Crippen molar-refractivity contribution in [2.45, 2.75) is 20.4 Å². The smallest absolute Gasteiger partial charge is 0.273 e. The van der Waals surface area contributed by atoms with Gasteiger partial charge in [-0.25, -0.2) is 0 Å². The van der Waals surface area contributed by atoms with Crippen molar-refractivity contribution in [1.82, 2.24) is 9.78 Å².